The van der Waals surface area contributed by atoms with Gasteiger partial charge in [0.1, 0.15) is 21.8 Å². The van der Waals surface area contributed by atoms with Gasteiger partial charge in [0.15, 0.2) is 0 Å². The van der Waals surface area contributed by atoms with Crippen molar-refractivity contribution in [3.63, 3.8) is 0 Å². The van der Waals surface area contributed by atoms with Crippen LogP contribution in [0.25, 0.3) is 0 Å². The third-order valence-corrected chi connectivity index (χ3v) is 6.84. The Labute approximate surface area is 165 Å². The molecule has 13 heteroatoms. The molecule has 0 aromatic carbocycles. The molecular weight excluding hydrogens is 421 g/mol. The van der Waals surface area contributed by atoms with Crippen LogP contribution in [0.4, 0.5) is 13.2 Å². The van der Waals surface area contributed by atoms with Crippen molar-refractivity contribution in [2.24, 2.45) is 5.92 Å². The predicted octanol–water partition coefficient (Wildman–Crippen LogP) is 1.16. The third kappa shape index (κ3) is 2.63. The number of hydrogen-bond donors (Lipinski definition) is 2. The summed E-state index contributed by atoms with van der Waals surface area (Å²) in [6.45, 7) is 1.44. The molecule has 3 aliphatic rings. The number of β-lactam (4-membered cyclic amide) rings is 1. The van der Waals surface area contributed by atoms with E-state index < -0.39 is 47.2 Å². The van der Waals surface area contributed by atoms with E-state index in [9.17, 15) is 32.7 Å². The number of carboxylic acid groups (broad SMARTS) is 1. The second-order valence-electron chi connectivity index (χ2n) is 6.80. The molecule has 1 aromatic heterocycles. The number of carbonyl (C=O) groups is 3. The lowest BCUT2D eigenvalue weighted by Gasteiger charge is -2.50. The zero-order valence-corrected chi connectivity index (χ0v) is 15.9. The van der Waals surface area contributed by atoms with Gasteiger partial charge in [-0.2, -0.15) is 25.8 Å². The first-order valence-corrected chi connectivity index (χ1v) is 9.51. The van der Waals surface area contributed by atoms with Crippen molar-refractivity contribution >= 4 is 41.7 Å². The van der Waals surface area contributed by atoms with Crippen LogP contribution in [0.1, 0.15) is 21.7 Å². The van der Waals surface area contributed by atoms with Crippen molar-refractivity contribution in [1.29, 1.82) is 0 Å². The molecule has 4 atom stereocenters. The summed E-state index contributed by atoms with van der Waals surface area (Å²) in [6, 6.07) is -2.05. The Bertz CT molecular complexity index is 931. The predicted molar refractivity (Wildman–Crippen MR) is 91.3 cm³/mol. The quantitative estimate of drug-likeness (QED) is 0.547. The minimum absolute atomic E-state index is 0.0982. The smallest absolute Gasteiger partial charge is 0.471 e. The molecule has 1 aromatic rings. The highest BCUT2D eigenvalue weighted by Gasteiger charge is 2.66. The number of aliphatic carboxylic acids is 1. The van der Waals surface area contributed by atoms with E-state index in [4.69, 9.17) is 0 Å². The Hall–Kier alpha value is -2.15. The van der Waals surface area contributed by atoms with Crippen LogP contribution in [0.15, 0.2) is 11.3 Å². The maximum absolute atomic E-state index is 12.9. The van der Waals surface area contributed by atoms with Crippen LogP contribution >= 0.6 is 24.0 Å². The molecule has 0 saturated carbocycles. The average molecular weight is 434 g/mol. The molecule has 0 bridgehead atoms. The van der Waals surface area contributed by atoms with Crippen molar-refractivity contribution in [1.82, 2.24) is 20.0 Å². The first-order valence-electron chi connectivity index (χ1n) is 8.17. The van der Waals surface area contributed by atoms with Crippen LogP contribution < -0.4 is 0 Å². The van der Waals surface area contributed by atoms with Gasteiger partial charge in [0, 0.05) is 12.5 Å². The Morgan fingerprint density at radius 3 is 2.57 bits per heavy atom. The summed E-state index contributed by atoms with van der Waals surface area (Å²) in [5.74, 6) is -4.79. The Kier molecular flexibility index (Phi) is 4.23. The summed E-state index contributed by atoms with van der Waals surface area (Å²) in [4.78, 5) is 37.6. The van der Waals surface area contributed by atoms with E-state index in [-0.39, 0.29) is 24.2 Å². The van der Waals surface area contributed by atoms with Gasteiger partial charge >= 0.3 is 18.1 Å². The summed E-state index contributed by atoms with van der Waals surface area (Å²) in [5, 5.41) is 17.8. The number of carbonyl (C=O) groups excluding carboxylic acids is 2. The second kappa shape index (κ2) is 6.17. The molecule has 2 fully saturated rings. The molecule has 150 valence electrons. The zero-order valence-electron chi connectivity index (χ0n) is 14.2. The molecule has 2 saturated heterocycles. The van der Waals surface area contributed by atoms with Gasteiger partial charge in [-0.25, -0.2) is 4.79 Å². The zero-order chi connectivity index (χ0) is 20.5. The minimum Gasteiger partial charge on any atom is -0.477 e. The molecule has 1 unspecified atom stereocenters. The number of halogens is 3. The van der Waals surface area contributed by atoms with Crippen molar-refractivity contribution in [2.45, 2.75) is 36.9 Å². The first kappa shape index (κ1) is 19.2. The van der Waals surface area contributed by atoms with Crippen molar-refractivity contribution in [2.75, 3.05) is 6.54 Å². The Balaban J connectivity index is 1.72. The van der Waals surface area contributed by atoms with Gasteiger partial charge < -0.3 is 10.0 Å². The standard InChI is InChI=1S/C15H13F3N4O4S2/c1-4-19-20-11(28-4)10(27)6-2-5-3-21(14(26)15(16,17)18)9-7(5)22(12(9)23)8(6)13(24)25/h5,7,9-10,27H,2-3H2,1H3,(H,24,25)/t5-,7-,9+,10?/m1/s1. The summed E-state index contributed by atoms with van der Waals surface area (Å²) >= 11 is 5.65. The summed E-state index contributed by atoms with van der Waals surface area (Å²) in [7, 11) is 0. The number of alkyl halides is 3. The molecular formula is C15H13F3N4O4S2. The molecule has 0 aliphatic carbocycles. The highest BCUT2D eigenvalue weighted by atomic mass is 32.1. The van der Waals surface area contributed by atoms with Gasteiger partial charge in [0.05, 0.1) is 11.3 Å². The second-order valence-corrected chi connectivity index (χ2v) is 8.53. The molecule has 8 nitrogen and oxygen atoms in total. The number of aryl methyl sites for hydroxylation is 1. The van der Waals surface area contributed by atoms with E-state index in [1.54, 1.807) is 6.92 Å². The molecule has 2 amide bonds. The number of likely N-dealkylation sites (tertiary alicyclic amines) is 1. The number of amides is 2. The van der Waals surface area contributed by atoms with Crippen LogP contribution in [-0.4, -0.2) is 67.7 Å². The number of rotatable bonds is 3. The van der Waals surface area contributed by atoms with Gasteiger partial charge in [-0.3, -0.25) is 14.5 Å². The van der Waals surface area contributed by atoms with Gasteiger partial charge in [-0.05, 0) is 18.9 Å². The van der Waals surface area contributed by atoms with Gasteiger partial charge in [0.2, 0.25) is 0 Å². The van der Waals surface area contributed by atoms with Crippen molar-refractivity contribution < 1.29 is 32.7 Å². The lowest BCUT2D eigenvalue weighted by Crippen LogP contribution is -2.70. The van der Waals surface area contributed by atoms with Crippen LogP contribution in [0.2, 0.25) is 0 Å². The number of nitrogens with zero attached hydrogens (tertiary/aromatic N) is 4. The Morgan fingerprint density at radius 2 is 2.04 bits per heavy atom. The van der Waals surface area contributed by atoms with E-state index in [2.05, 4.69) is 22.8 Å². The van der Waals surface area contributed by atoms with E-state index in [1.165, 1.54) is 11.3 Å². The average Bonchev–Trinajstić information content (AvgIpc) is 3.19. The lowest BCUT2D eigenvalue weighted by molar-refractivity contribution is -0.190. The highest BCUT2D eigenvalue weighted by molar-refractivity contribution is 7.81. The topological polar surface area (TPSA) is 104 Å². The van der Waals surface area contributed by atoms with Gasteiger partial charge in [-0.15, -0.1) is 21.5 Å². The van der Waals surface area contributed by atoms with E-state index in [0.29, 0.717) is 14.9 Å². The molecule has 4 heterocycles. The number of thiol groups is 1. The van der Waals surface area contributed by atoms with Gasteiger partial charge in [0.25, 0.3) is 5.91 Å². The minimum atomic E-state index is -5.10. The fraction of sp³-hybridized carbons (Fsp3) is 0.533. The normalized spacial score (nSPS) is 27.6. The SMILES string of the molecule is Cc1nnc(C(S)C2=C(C(=O)O)N3C(=O)[C@@H]4[C@H]3[C@H](C2)CN4C(=O)C(F)(F)F)s1. The molecule has 28 heavy (non-hydrogen) atoms. The Morgan fingerprint density at radius 1 is 1.36 bits per heavy atom. The third-order valence-electron chi connectivity index (χ3n) is 5.20. The maximum Gasteiger partial charge on any atom is 0.471 e. The van der Waals surface area contributed by atoms with Crippen LogP contribution in [0.5, 0.6) is 0 Å². The van der Waals surface area contributed by atoms with Crippen molar-refractivity contribution in [3.8, 4) is 0 Å². The molecule has 0 radical (unpaired) electrons. The summed E-state index contributed by atoms with van der Waals surface area (Å²) in [5.41, 5.74) is -0.0157. The first-order chi connectivity index (χ1) is 13.0. The van der Waals surface area contributed by atoms with E-state index in [0.717, 1.165) is 4.90 Å². The summed E-state index contributed by atoms with van der Waals surface area (Å²) < 4.78 is 38.6. The van der Waals surface area contributed by atoms with Gasteiger partial charge in [-0.1, -0.05) is 0 Å². The maximum atomic E-state index is 12.9. The number of carboxylic acids is 1. The largest absolute Gasteiger partial charge is 0.477 e. The summed E-state index contributed by atoms with van der Waals surface area (Å²) in [6.07, 6.45) is -5.00. The molecule has 4 rings (SSSR count). The molecule has 1 N–H and O–H groups in total. The fourth-order valence-corrected chi connectivity index (χ4v) is 5.32. The fourth-order valence-electron chi connectivity index (χ4n) is 4.16. The van der Waals surface area contributed by atoms with E-state index >= 15 is 0 Å². The van der Waals surface area contributed by atoms with Crippen molar-refractivity contribution in [3.05, 3.63) is 21.3 Å². The van der Waals surface area contributed by atoms with E-state index in [1.807, 2.05) is 0 Å². The van der Waals surface area contributed by atoms with Crippen LogP contribution in [-0.2, 0) is 14.4 Å². The molecule has 3 aliphatic heterocycles. The lowest BCUT2D eigenvalue weighted by atomic mass is 9.78. The number of hydrogen-bond acceptors (Lipinski definition) is 7. The molecule has 0 spiro atoms. The van der Waals surface area contributed by atoms with Crippen LogP contribution in [0, 0.1) is 12.8 Å². The highest BCUT2D eigenvalue weighted by Crippen LogP contribution is 2.51. The monoisotopic (exact) mass is 434 g/mol. The number of aromatic nitrogens is 2. The van der Waals surface area contributed by atoms with Crippen LogP contribution in [0.3, 0.4) is 0 Å².